The topological polar surface area (TPSA) is 0 Å². The van der Waals surface area contributed by atoms with Crippen molar-refractivity contribution in [1.82, 2.24) is 0 Å². The predicted octanol–water partition coefficient (Wildman–Crippen LogP) is 6.61. The van der Waals surface area contributed by atoms with Crippen molar-refractivity contribution in [3.63, 3.8) is 0 Å². The smallest absolute Gasteiger partial charge is 0.0258 e. The quantitative estimate of drug-likeness (QED) is 0.509. The fraction of sp³-hybridized carbons (Fsp3) is 0.900. The summed E-state index contributed by atoms with van der Waals surface area (Å²) < 4.78 is 0. The molecule has 0 nitrogen and oxygen atoms in total. The van der Waals surface area contributed by atoms with E-state index >= 15 is 0 Å². The van der Waals surface area contributed by atoms with E-state index in [1.54, 1.807) is 0 Å². The molecule has 0 saturated heterocycles. The molecule has 0 bridgehead atoms. The van der Waals surface area contributed by atoms with Gasteiger partial charge in [-0.1, -0.05) is 45.8 Å². The van der Waals surface area contributed by atoms with Crippen molar-refractivity contribution in [3.8, 4) is 0 Å². The van der Waals surface area contributed by atoms with E-state index in [9.17, 15) is 0 Å². The van der Waals surface area contributed by atoms with Crippen LogP contribution in [0.25, 0.3) is 0 Å². The fourth-order valence-electron chi connectivity index (χ4n) is 5.18. The highest BCUT2D eigenvalue weighted by atomic mass is 14.6. The monoisotopic (exact) mass is 276 g/mol. The molecule has 0 aromatic heterocycles. The van der Waals surface area contributed by atoms with Crippen LogP contribution in [0.5, 0.6) is 0 Å². The summed E-state index contributed by atoms with van der Waals surface area (Å²) in [5.41, 5.74) is 2.68. The summed E-state index contributed by atoms with van der Waals surface area (Å²) in [5.74, 6) is 2.78. The minimum atomic E-state index is 0.553. The van der Waals surface area contributed by atoms with Gasteiger partial charge in [-0.2, -0.15) is 0 Å². The van der Waals surface area contributed by atoms with Gasteiger partial charge >= 0.3 is 0 Å². The van der Waals surface area contributed by atoms with Crippen molar-refractivity contribution >= 4 is 0 Å². The molecule has 116 valence electrons. The third-order valence-electron chi connectivity index (χ3n) is 6.72. The lowest BCUT2D eigenvalue weighted by Gasteiger charge is -2.57. The largest absolute Gasteiger partial charge is 0.0853 e. The van der Waals surface area contributed by atoms with E-state index < -0.39 is 0 Å². The molecule has 0 N–H and O–H groups in total. The fourth-order valence-corrected chi connectivity index (χ4v) is 5.18. The molecule has 2 fully saturated rings. The second-order valence-electron chi connectivity index (χ2n) is 8.98. The van der Waals surface area contributed by atoms with Gasteiger partial charge in [-0.15, -0.1) is 0 Å². The van der Waals surface area contributed by atoms with Gasteiger partial charge in [0.15, 0.2) is 0 Å². The number of hydrogen-bond acceptors (Lipinski definition) is 0. The summed E-state index contributed by atoms with van der Waals surface area (Å²) >= 11 is 0. The summed E-state index contributed by atoms with van der Waals surface area (Å²) in [6, 6.07) is 0. The first-order valence-corrected chi connectivity index (χ1v) is 8.90. The molecule has 4 atom stereocenters. The van der Waals surface area contributed by atoms with Crippen molar-refractivity contribution < 1.29 is 0 Å². The van der Waals surface area contributed by atoms with Crippen molar-refractivity contribution in [2.75, 3.05) is 0 Å². The molecule has 2 aliphatic carbocycles. The van der Waals surface area contributed by atoms with Crippen LogP contribution in [0.4, 0.5) is 0 Å². The SMILES string of the molecule is CC(C)=CC[C@@]1(C)CCC[C@]2(C)CC[C@@H](C(C)C)C[C@@H]21. The Kier molecular flexibility index (Phi) is 4.72. The number of rotatable bonds is 3. The Morgan fingerprint density at radius 2 is 1.85 bits per heavy atom. The Balaban J connectivity index is 2.21. The van der Waals surface area contributed by atoms with E-state index in [2.05, 4.69) is 47.6 Å². The van der Waals surface area contributed by atoms with Gasteiger partial charge in [-0.25, -0.2) is 0 Å². The lowest BCUT2D eigenvalue weighted by molar-refractivity contribution is -0.0640. The number of allylic oxidation sites excluding steroid dienone is 2. The third kappa shape index (κ3) is 3.15. The zero-order valence-corrected chi connectivity index (χ0v) is 14.8. The van der Waals surface area contributed by atoms with Crippen LogP contribution in [0.3, 0.4) is 0 Å². The van der Waals surface area contributed by atoms with Gasteiger partial charge in [-0.05, 0) is 81.0 Å². The second kappa shape index (κ2) is 5.85. The van der Waals surface area contributed by atoms with Crippen LogP contribution in [0, 0.1) is 28.6 Å². The van der Waals surface area contributed by atoms with Crippen LogP contribution >= 0.6 is 0 Å². The minimum absolute atomic E-state index is 0.553. The number of fused-ring (bicyclic) bond motifs is 1. The van der Waals surface area contributed by atoms with Crippen molar-refractivity contribution in [2.24, 2.45) is 28.6 Å². The van der Waals surface area contributed by atoms with E-state index in [4.69, 9.17) is 0 Å². The van der Waals surface area contributed by atoms with Crippen LogP contribution < -0.4 is 0 Å². The standard InChI is InChI=1S/C20H36/c1-15(2)8-12-19(5)10-7-11-20(6)13-9-17(16(3)4)14-18(19)20/h8,16-18H,7,9-14H2,1-6H3/t17-,18-,19-,20-/m1/s1. The highest BCUT2D eigenvalue weighted by Gasteiger charge is 2.50. The maximum Gasteiger partial charge on any atom is -0.0258 e. The van der Waals surface area contributed by atoms with Crippen LogP contribution in [0.1, 0.15) is 86.5 Å². The molecule has 0 heteroatoms. The van der Waals surface area contributed by atoms with E-state index in [0.29, 0.717) is 10.8 Å². The molecule has 2 saturated carbocycles. The first-order chi connectivity index (χ1) is 9.27. The molecule has 0 aliphatic heterocycles. The summed E-state index contributed by atoms with van der Waals surface area (Å²) in [4.78, 5) is 0. The zero-order chi connectivity index (χ0) is 15.0. The van der Waals surface area contributed by atoms with E-state index in [0.717, 1.165) is 17.8 Å². The van der Waals surface area contributed by atoms with Gasteiger partial charge in [-0.3, -0.25) is 0 Å². The molecule has 2 rings (SSSR count). The molecular formula is C20H36. The predicted molar refractivity (Wildman–Crippen MR) is 89.8 cm³/mol. The lowest BCUT2D eigenvalue weighted by atomic mass is 9.48. The second-order valence-corrected chi connectivity index (χ2v) is 8.98. The normalized spacial score (nSPS) is 41.4. The Bertz CT molecular complexity index is 360. The molecule has 0 amide bonds. The molecular weight excluding hydrogens is 240 g/mol. The summed E-state index contributed by atoms with van der Waals surface area (Å²) in [6.45, 7) is 14.6. The maximum atomic E-state index is 2.61. The van der Waals surface area contributed by atoms with Gasteiger partial charge in [0.2, 0.25) is 0 Å². The van der Waals surface area contributed by atoms with E-state index in [1.807, 2.05) is 0 Å². The summed E-state index contributed by atoms with van der Waals surface area (Å²) in [6.07, 6.45) is 12.6. The Hall–Kier alpha value is -0.260. The molecule has 0 unspecified atom stereocenters. The van der Waals surface area contributed by atoms with Crippen LogP contribution in [0.15, 0.2) is 11.6 Å². The molecule has 0 heterocycles. The maximum absolute atomic E-state index is 2.61. The van der Waals surface area contributed by atoms with Gasteiger partial charge in [0.05, 0.1) is 0 Å². The summed E-state index contributed by atoms with van der Waals surface area (Å²) in [5, 5.41) is 0. The van der Waals surface area contributed by atoms with E-state index in [-0.39, 0.29) is 0 Å². The minimum Gasteiger partial charge on any atom is -0.0853 e. The molecule has 0 radical (unpaired) electrons. The highest BCUT2D eigenvalue weighted by molar-refractivity contribution is 5.05. The lowest BCUT2D eigenvalue weighted by Crippen LogP contribution is -2.47. The molecule has 2 aliphatic rings. The van der Waals surface area contributed by atoms with Gasteiger partial charge in [0.1, 0.15) is 0 Å². The Morgan fingerprint density at radius 1 is 1.15 bits per heavy atom. The molecule has 0 aromatic carbocycles. The highest BCUT2D eigenvalue weighted by Crippen LogP contribution is 2.60. The van der Waals surface area contributed by atoms with Gasteiger partial charge in [0, 0.05) is 0 Å². The first kappa shape index (κ1) is 16.1. The van der Waals surface area contributed by atoms with Crippen molar-refractivity contribution in [2.45, 2.75) is 86.5 Å². The average molecular weight is 277 g/mol. The molecule has 0 aromatic rings. The zero-order valence-electron chi connectivity index (χ0n) is 14.8. The van der Waals surface area contributed by atoms with Crippen molar-refractivity contribution in [3.05, 3.63) is 11.6 Å². The van der Waals surface area contributed by atoms with Crippen LogP contribution in [0.2, 0.25) is 0 Å². The average Bonchev–Trinajstić information content (AvgIpc) is 2.36. The summed E-state index contributed by atoms with van der Waals surface area (Å²) in [7, 11) is 0. The van der Waals surface area contributed by atoms with E-state index in [1.165, 1.54) is 50.5 Å². The first-order valence-electron chi connectivity index (χ1n) is 8.90. The van der Waals surface area contributed by atoms with Crippen LogP contribution in [-0.2, 0) is 0 Å². The van der Waals surface area contributed by atoms with Gasteiger partial charge in [0.25, 0.3) is 0 Å². The van der Waals surface area contributed by atoms with Gasteiger partial charge < -0.3 is 0 Å². The van der Waals surface area contributed by atoms with Crippen LogP contribution in [-0.4, -0.2) is 0 Å². The van der Waals surface area contributed by atoms with Crippen molar-refractivity contribution in [1.29, 1.82) is 0 Å². The Labute approximate surface area is 127 Å². The number of hydrogen-bond donors (Lipinski definition) is 0. The Morgan fingerprint density at radius 3 is 2.45 bits per heavy atom. The molecule has 0 spiro atoms. The third-order valence-corrected chi connectivity index (χ3v) is 6.72. The molecule has 20 heavy (non-hydrogen) atoms.